The Morgan fingerprint density at radius 3 is 2.61 bits per heavy atom. The summed E-state index contributed by atoms with van der Waals surface area (Å²) in [5.74, 6) is 0.822. The molecular weight excluding hydrogens is 228 g/mol. The first kappa shape index (κ1) is 15.0. The number of methoxy groups -OCH3 is 1. The van der Waals surface area contributed by atoms with Crippen LogP contribution in [0.3, 0.4) is 0 Å². The summed E-state index contributed by atoms with van der Waals surface area (Å²) in [5, 5.41) is 9.87. The number of rotatable bonds is 6. The summed E-state index contributed by atoms with van der Waals surface area (Å²) < 4.78 is 5.22. The first-order valence-electron chi connectivity index (χ1n) is 6.14. The minimum Gasteiger partial charge on any atom is -0.497 e. The second-order valence-electron chi connectivity index (χ2n) is 5.26. The first-order valence-corrected chi connectivity index (χ1v) is 6.14. The third kappa shape index (κ3) is 4.29. The maximum Gasteiger partial charge on any atom is 0.119 e. The molecule has 0 fully saturated rings. The lowest BCUT2D eigenvalue weighted by Crippen LogP contribution is -2.40. The van der Waals surface area contributed by atoms with Gasteiger partial charge in [0.05, 0.1) is 12.7 Å². The molecule has 1 aromatic rings. The van der Waals surface area contributed by atoms with Gasteiger partial charge in [0, 0.05) is 19.1 Å². The van der Waals surface area contributed by atoms with Crippen molar-refractivity contribution >= 4 is 0 Å². The predicted molar refractivity (Wildman–Crippen MR) is 73.7 cm³/mol. The fourth-order valence-corrected chi connectivity index (χ4v) is 2.14. The van der Waals surface area contributed by atoms with Crippen LogP contribution >= 0.6 is 0 Å². The largest absolute Gasteiger partial charge is 0.497 e. The van der Waals surface area contributed by atoms with E-state index in [1.807, 2.05) is 31.3 Å². The van der Waals surface area contributed by atoms with Crippen molar-refractivity contribution in [1.82, 2.24) is 4.90 Å². The van der Waals surface area contributed by atoms with Crippen LogP contribution in [0.25, 0.3) is 0 Å². The zero-order valence-corrected chi connectivity index (χ0v) is 11.7. The quantitative estimate of drug-likeness (QED) is 0.803. The molecular formula is C14H24N2O2. The molecule has 0 aliphatic heterocycles. The Bertz CT molecular complexity index is 374. The molecule has 3 N–H and O–H groups in total. The molecule has 1 atom stereocenters. The van der Waals surface area contributed by atoms with Crippen LogP contribution in [0.5, 0.6) is 5.75 Å². The number of ether oxygens (including phenoxy) is 1. The number of hydrogen-bond acceptors (Lipinski definition) is 4. The van der Waals surface area contributed by atoms with Crippen molar-refractivity contribution in [3.8, 4) is 5.75 Å². The van der Waals surface area contributed by atoms with Gasteiger partial charge in [0.15, 0.2) is 0 Å². The molecule has 0 saturated heterocycles. The lowest BCUT2D eigenvalue weighted by atomic mass is 10.0. The van der Waals surface area contributed by atoms with Gasteiger partial charge in [0.2, 0.25) is 0 Å². The van der Waals surface area contributed by atoms with Crippen molar-refractivity contribution in [1.29, 1.82) is 0 Å². The average Bonchev–Trinajstić information content (AvgIpc) is 2.28. The lowest BCUT2D eigenvalue weighted by molar-refractivity contribution is 0.0321. The normalized spacial score (nSPS) is 13.7. The van der Waals surface area contributed by atoms with E-state index in [1.165, 1.54) is 0 Å². The number of aliphatic hydroxyl groups is 1. The number of hydrogen-bond donors (Lipinski definition) is 2. The summed E-state index contributed by atoms with van der Waals surface area (Å²) in [4.78, 5) is 2.06. The highest BCUT2D eigenvalue weighted by Gasteiger charge is 2.22. The van der Waals surface area contributed by atoms with Gasteiger partial charge in [-0.2, -0.15) is 0 Å². The number of nitrogens with two attached hydrogens (primary N) is 1. The molecule has 0 amide bonds. The molecule has 0 aromatic heterocycles. The molecule has 0 radical (unpaired) electrons. The molecule has 18 heavy (non-hydrogen) atoms. The zero-order chi connectivity index (χ0) is 13.8. The van der Waals surface area contributed by atoms with E-state index in [9.17, 15) is 5.11 Å². The van der Waals surface area contributed by atoms with Crippen LogP contribution in [0, 0.1) is 0 Å². The third-order valence-electron chi connectivity index (χ3n) is 2.87. The summed E-state index contributed by atoms with van der Waals surface area (Å²) in [6.45, 7) is 4.65. The van der Waals surface area contributed by atoms with Crippen LogP contribution in [-0.2, 0) is 0 Å². The van der Waals surface area contributed by atoms with Crippen LogP contribution in [0.1, 0.15) is 25.5 Å². The number of benzene rings is 1. The minimum atomic E-state index is -0.735. The second kappa shape index (κ2) is 6.18. The molecule has 1 rings (SSSR count). The monoisotopic (exact) mass is 252 g/mol. The van der Waals surface area contributed by atoms with E-state index >= 15 is 0 Å². The number of likely N-dealkylation sites (N-methyl/N-ethyl adjacent to an activating group) is 1. The number of nitrogens with zero attached hydrogens (tertiary/aromatic N) is 1. The molecule has 1 unspecified atom stereocenters. The molecule has 102 valence electrons. The van der Waals surface area contributed by atoms with Gasteiger partial charge in [-0.15, -0.1) is 0 Å². The molecule has 0 spiro atoms. The van der Waals surface area contributed by atoms with Gasteiger partial charge in [-0.25, -0.2) is 0 Å². The minimum absolute atomic E-state index is 0.0755. The highest BCUT2D eigenvalue weighted by atomic mass is 16.5. The maximum absolute atomic E-state index is 9.87. The average molecular weight is 252 g/mol. The van der Waals surface area contributed by atoms with Crippen molar-refractivity contribution in [2.75, 3.05) is 27.2 Å². The summed E-state index contributed by atoms with van der Waals surface area (Å²) >= 11 is 0. The molecule has 4 nitrogen and oxygen atoms in total. The molecule has 4 heteroatoms. The van der Waals surface area contributed by atoms with E-state index in [0.29, 0.717) is 13.1 Å². The Labute approximate surface area is 109 Å². The van der Waals surface area contributed by atoms with Crippen molar-refractivity contribution in [2.24, 2.45) is 5.73 Å². The summed E-state index contributed by atoms with van der Waals surface area (Å²) in [6.07, 6.45) is 0. The van der Waals surface area contributed by atoms with E-state index in [-0.39, 0.29) is 6.04 Å². The Kier molecular flexibility index (Phi) is 5.14. The predicted octanol–water partition coefficient (Wildman–Crippen LogP) is 1.40. The van der Waals surface area contributed by atoms with Gasteiger partial charge in [-0.1, -0.05) is 12.1 Å². The summed E-state index contributed by atoms with van der Waals surface area (Å²) in [6, 6.07) is 7.95. The van der Waals surface area contributed by atoms with Gasteiger partial charge >= 0.3 is 0 Å². The molecule has 0 aliphatic rings. The van der Waals surface area contributed by atoms with E-state index in [2.05, 4.69) is 4.90 Å². The molecule has 0 saturated carbocycles. The van der Waals surface area contributed by atoms with E-state index in [1.54, 1.807) is 21.0 Å². The van der Waals surface area contributed by atoms with Gasteiger partial charge in [-0.3, -0.25) is 4.90 Å². The highest BCUT2D eigenvalue weighted by molar-refractivity contribution is 5.30. The van der Waals surface area contributed by atoms with Gasteiger partial charge in [0.25, 0.3) is 0 Å². The van der Waals surface area contributed by atoms with Gasteiger partial charge in [0.1, 0.15) is 5.75 Å². The second-order valence-corrected chi connectivity index (χ2v) is 5.26. The van der Waals surface area contributed by atoms with Crippen LogP contribution in [0.4, 0.5) is 0 Å². The Morgan fingerprint density at radius 1 is 1.44 bits per heavy atom. The third-order valence-corrected chi connectivity index (χ3v) is 2.87. The standard InChI is InChI=1S/C14H24N2O2/c1-14(2,17)10-16(3)13(9-15)11-6-5-7-12(8-11)18-4/h5-8,13,17H,9-10,15H2,1-4H3. The fraction of sp³-hybridized carbons (Fsp3) is 0.571. The smallest absolute Gasteiger partial charge is 0.119 e. The Balaban J connectivity index is 2.87. The van der Waals surface area contributed by atoms with Gasteiger partial charge < -0.3 is 15.6 Å². The van der Waals surface area contributed by atoms with E-state index < -0.39 is 5.60 Å². The Morgan fingerprint density at radius 2 is 2.11 bits per heavy atom. The molecule has 1 aromatic carbocycles. The first-order chi connectivity index (χ1) is 8.37. The van der Waals surface area contributed by atoms with Crippen molar-refractivity contribution in [3.63, 3.8) is 0 Å². The maximum atomic E-state index is 9.87. The SMILES string of the molecule is COc1cccc(C(CN)N(C)CC(C)(C)O)c1. The topological polar surface area (TPSA) is 58.7 Å². The van der Waals surface area contributed by atoms with E-state index in [0.717, 1.165) is 11.3 Å². The van der Waals surface area contributed by atoms with Crippen LogP contribution in [-0.4, -0.2) is 42.9 Å². The fourth-order valence-electron chi connectivity index (χ4n) is 2.14. The summed E-state index contributed by atoms with van der Waals surface area (Å²) in [7, 11) is 3.62. The zero-order valence-electron chi connectivity index (χ0n) is 11.7. The summed E-state index contributed by atoms with van der Waals surface area (Å²) in [5.41, 5.74) is 6.22. The molecule has 0 heterocycles. The van der Waals surface area contributed by atoms with Gasteiger partial charge in [-0.05, 0) is 38.6 Å². The molecule has 0 aliphatic carbocycles. The van der Waals surface area contributed by atoms with Crippen LogP contribution in [0.15, 0.2) is 24.3 Å². The van der Waals surface area contributed by atoms with E-state index in [4.69, 9.17) is 10.5 Å². The van der Waals surface area contributed by atoms with Crippen LogP contribution in [0.2, 0.25) is 0 Å². The lowest BCUT2D eigenvalue weighted by Gasteiger charge is -2.32. The molecule has 0 bridgehead atoms. The van der Waals surface area contributed by atoms with Crippen molar-refractivity contribution < 1.29 is 9.84 Å². The van der Waals surface area contributed by atoms with Crippen molar-refractivity contribution in [2.45, 2.75) is 25.5 Å². The highest BCUT2D eigenvalue weighted by Crippen LogP contribution is 2.23. The van der Waals surface area contributed by atoms with Crippen LogP contribution < -0.4 is 10.5 Å². The Hall–Kier alpha value is -1.10. The van der Waals surface area contributed by atoms with Crippen molar-refractivity contribution in [3.05, 3.63) is 29.8 Å².